The lowest BCUT2D eigenvalue weighted by Gasteiger charge is -2.18. The van der Waals surface area contributed by atoms with Gasteiger partial charge in [-0.3, -0.25) is 9.98 Å². The maximum Gasteiger partial charge on any atom is 0.207 e. The van der Waals surface area contributed by atoms with Gasteiger partial charge in [0.2, 0.25) is 8.32 Å². The summed E-state index contributed by atoms with van der Waals surface area (Å²) in [4.78, 5) is 8.55. The van der Waals surface area contributed by atoms with Crippen molar-refractivity contribution in [2.75, 3.05) is 12.8 Å². The zero-order valence-electron chi connectivity index (χ0n) is 9.60. The smallest absolute Gasteiger partial charge is 0.207 e. The summed E-state index contributed by atoms with van der Waals surface area (Å²) in [6, 6.07) is 5.80. The highest BCUT2D eigenvalue weighted by atomic mass is 28.4. The van der Waals surface area contributed by atoms with E-state index in [0.29, 0.717) is 0 Å². The molecule has 0 bridgehead atoms. The minimum atomic E-state index is -1.58. The second kappa shape index (κ2) is 5.78. The van der Waals surface area contributed by atoms with Crippen molar-refractivity contribution in [3.8, 4) is 0 Å². The molecule has 0 saturated carbocycles. The van der Waals surface area contributed by atoms with Crippen molar-refractivity contribution < 1.29 is 4.43 Å². The van der Waals surface area contributed by atoms with E-state index in [0.717, 1.165) is 18.5 Å². The predicted molar refractivity (Wildman–Crippen MR) is 65.8 cm³/mol. The van der Waals surface area contributed by atoms with Crippen molar-refractivity contribution in [3.63, 3.8) is 0 Å². The minimum absolute atomic E-state index is 0.776. The molecule has 0 radical (unpaired) electrons. The number of aliphatic imine (C=N–C) groups is 1. The van der Waals surface area contributed by atoms with Crippen LogP contribution in [0.4, 0.5) is 0 Å². The van der Waals surface area contributed by atoms with Gasteiger partial charge in [-0.2, -0.15) is 0 Å². The Morgan fingerprint density at radius 1 is 1.47 bits per heavy atom. The fourth-order valence-electron chi connectivity index (χ4n) is 1.25. The number of nitrogens with zero attached hydrogens (tertiary/aromatic N) is 2. The molecule has 0 aromatic carbocycles. The van der Waals surface area contributed by atoms with Crippen LogP contribution in [0.5, 0.6) is 0 Å². The highest BCUT2D eigenvalue weighted by Gasteiger charge is 2.20. The average Bonchev–Trinajstić information content (AvgIpc) is 2.19. The molecule has 82 valence electrons. The molecule has 0 N–H and O–H groups in total. The summed E-state index contributed by atoms with van der Waals surface area (Å²) < 4.78 is 5.67. The van der Waals surface area contributed by atoms with Crippen molar-refractivity contribution in [2.24, 2.45) is 4.99 Å². The molecule has 0 atom stereocenters. The molecule has 0 fully saturated rings. The normalized spacial score (nSPS) is 12.2. The molecule has 15 heavy (non-hydrogen) atoms. The molecule has 1 heterocycles. The highest BCUT2D eigenvalue weighted by molar-refractivity contribution is 6.71. The van der Waals surface area contributed by atoms with Crippen LogP contribution in [0.1, 0.15) is 12.6 Å². The zero-order chi connectivity index (χ0) is 11.1. The maximum absolute atomic E-state index is 5.67. The van der Waals surface area contributed by atoms with Gasteiger partial charge < -0.3 is 4.43 Å². The van der Waals surface area contributed by atoms with Gasteiger partial charge in [0.05, 0.1) is 11.9 Å². The monoisotopic (exact) mass is 222 g/mol. The quantitative estimate of drug-likeness (QED) is 0.566. The Morgan fingerprint density at radius 2 is 2.27 bits per heavy atom. The Labute approximate surface area is 92.4 Å². The molecule has 0 aliphatic heterocycles. The number of rotatable bonds is 5. The van der Waals surface area contributed by atoms with E-state index in [2.05, 4.69) is 23.1 Å². The van der Waals surface area contributed by atoms with Gasteiger partial charge in [0.1, 0.15) is 0 Å². The van der Waals surface area contributed by atoms with Gasteiger partial charge in [0.15, 0.2) is 0 Å². The molecule has 0 amide bonds. The third kappa shape index (κ3) is 4.85. The van der Waals surface area contributed by atoms with Crippen molar-refractivity contribution in [1.29, 1.82) is 0 Å². The van der Waals surface area contributed by atoms with Gasteiger partial charge in [-0.05, 0) is 32.2 Å². The van der Waals surface area contributed by atoms with Crippen molar-refractivity contribution in [3.05, 3.63) is 30.1 Å². The first-order valence-electron chi connectivity index (χ1n) is 5.19. The van der Waals surface area contributed by atoms with Gasteiger partial charge in [-0.1, -0.05) is 6.07 Å². The maximum atomic E-state index is 5.67. The van der Waals surface area contributed by atoms with E-state index in [1.54, 1.807) is 6.20 Å². The van der Waals surface area contributed by atoms with Gasteiger partial charge in [-0.25, -0.2) is 0 Å². The van der Waals surface area contributed by atoms with Crippen molar-refractivity contribution in [2.45, 2.75) is 20.0 Å². The van der Waals surface area contributed by atoms with E-state index < -0.39 is 8.32 Å². The van der Waals surface area contributed by atoms with Gasteiger partial charge in [0.25, 0.3) is 0 Å². The van der Waals surface area contributed by atoms with Crippen LogP contribution >= 0.6 is 0 Å². The Balaban J connectivity index is 2.46. The first kappa shape index (κ1) is 12.1. The zero-order valence-corrected chi connectivity index (χ0v) is 10.6. The molecule has 0 unspecified atom stereocenters. The van der Waals surface area contributed by atoms with Crippen molar-refractivity contribution in [1.82, 2.24) is 4.98 Å². The summed E-state index contributed by atoms with van der Waals surface area (Å²) in [7, 11) is -1.58. The van der Waals surface area contributed by atoms with Crippen LogP contribution in [0.3, 0.4) is 0 Å². The molecule has 3 nitrogen and oxygen atoms in total. The minimum Gasteiger partial charge on any atom is -0.416 e. The molecule has 0 spiro atoms. The molecule has 0 aliphatic carbocycles. The van der Waals surface area contributed by atoms with Gasteiger partial charge >= 0.3 is 0 Å². The number of aromatic nitrogens is 1. The van der Waals surface area contributed by atoms with Crippen LogP contribution in [0.25, 0.3) is 0 Å². The molecular weight excluding hydrogens is 204 g/mol. The average molecular weight is 222 g/mol. The summed E-state index contributed by atoms with van der Waals surface area (Å²) in [6.45, 7) is 7.15. The second-order valence-corrected chi connectivity index (χ2v) is 8.04. The molecule has 1 aromatic heterocycles. The molecule has 1 rings (SSSR count). The summed E-state index contributed by atoms with van der Waals surface area (Å²) in [5.41, 5.74) is 0.902. The van der Waals surface area contributed by atoms with Crippen LogP contribution in [-0.4, -0.2) is 32.3 Å². The fourth-order valence-corrected chi connectivity index (χ4v) is 2.65. The van der Waals surface area contributed by atoms with E-state index in [9.17, 15) is 0 Å². The third-order valence-corrected chi connectivity index (χ3v) is 3.93. The highest BCUT2D eigenvalue weighted by Crippen LogP contribution is 2.04. The summed E-state index contributed by atoms with van der Waals surface area (Å²) in [5, 5.41) is 0. The largest absolute Gasteiger partial charge is 0.416 e. The van der Waals surface area contributed by atoms with E-state index in [-0.39, 0.29) is 0 Å². The first-order chi connectivity index (χ1) is 7.14. The predicted octanol–water partition coefficient (Wildman–Crippen LogP) is 2.28. The van der Waals surface area contributed by atoms with Gasteiger partial charge in [0, 0.05) is 19.0 Å². The topological polar surface area (TPSA) is 34.5 Å². The fraction of sp³-hybridized carbons (Fsp3) is 0.455. The van der Waals surface area contributed by atoms with Gasteiger partial charge in [-0.15, -0.1) is 0 Å². The van der Waals surface area contributed by atoms with Crippen LogP contribution < -0.4 is 0 Å². The molecule has 1 aromatic rings. The number of pyridine rings is 1. The second-order valence-electron chi connectivity index (χ2n) is 3.92. The lowest BCUT2D eigenvalue weighted by molar-refractivity contribution is 0.330. The van der Waals surface area contributed by atoms with E-state index in [4.69, 9.17) is 4.43 Å². The van der Waals surface area contributed by atoms with Crippen LogP contribution in [-0.2, 0) is 4.43 Å². The number of hydrogen-bond donors (Lipinski definition) is 0. The molecule has 0 aliphatic rings. The molecule has 4 heteroatoms. The van der Waals surface area contributed by atoms with Crippen LogP contribution in [0, 0.1) is 0 Å². The summed E-state index contributed by atoms with van der Waals surface area (Å²) in [5.74, 6) is 0. The lowest BCUT2D eigenvalue weighted by Crippen LogP contribution is -2.34. The standard InChI is InChI=1S/C11H18N2OSi/c1-4-14-15(2,3)10-12-9-11-7-5-6-8-13-11/h5-9H,4,10H2,1-3H3. The van der Waals surface area contributed by atoms with E-state index in [1.165, 1.54) is 0 Å². The first-order valence-corrected chi connectivity index (χ1v) is 8.30. The van der Waals surface area contributed by atoms with E-state index in [1.807, 2.05) is 31.3 Å². The lowest BCUT2D eigenvalue weighted by atomic mass is 10.4. The number of hydrogen-bond acceptors (Lipinski definition) is 3. The van der Waals surface area contributed by atoms with Crippen LogP contribution in [0.15, 0.2) is 29.4 Å². The summed E-state index contributed by atoms with van der Waals surface area (Å²) in [6.07, 6.45) is 4.37. The Hall–Kier alpha value is -1.00. The Bertz CT molecular complexity index is 312. The Kier molecular flexibility index (Phi) is 4.65. The Morgan fingerprint density at radius 3 is 2.87 bits per heavy atom. The summed E-state index contributed by atoms with van der Waals surface area (Å²) >= 11 is 0. The van der Waals surface area contributed by atoms with Crippen LogP contribution in [0.2, 0.25) is 13.1 Å². The SMILES string of the molecule is CCO[Si](C)(C)CN=Cc1ccccn1. The molecule has 0 saturated heterocycles. The third-order valence-electron chi connectivity index (χ3n) is 1.92. The molecular formula is C11H18N2OSi. The van der Waals surface area contributed by atoms with Crippen molar-refractivity contribution >= 4 is 14.5 Å². The van der Waals surface area contributed by atoms with E-state index >= 15 is 0 Å².